The number of hydrogen-bond acceptors (Lipinski definition) is 5. The van der Waals surface area contributed by atoms with Crippen LogP contribution in [0.2, 0.25) is 0 Å². The lowest BCUT2D eigenvalue weighted by atomic mass is 10.2. The number of nitrogens with one attached hydrogen (secondary N) is 1. The van der Waals surface area contributed by atoms with E-state index in [9.17, 15) is 14.4 Å². The van der Waals surface area contributed by atoms with Gasteiger partial charge in [-0.3, -0.25) is 4.79 Å². The van der Waals surface area contributed by atoms with Gasteiger partial charge in [0.05, 0.1) is 5.75 Å². The van der Waals surface area contributed by atoms with Crippen LogP contribution in [0.25, 0.3) is 0 Å². The van der Waals surface area contributed by atoms with E-state index in [1.165, 1.54) is 0 Å². The van der Waals surface area contributed by atoms with Gasteiger partial charge < -0.3 is 20.3 Å². The van der Waals surface area contributed by atoms with E-state index in [4.69, 9.17) is 14.9 Å². The lowest BCUT2D eigenvalue weighted by Crippen LogP contribution is -2.43. The quantitative estimate of drug-likeness (QED) is 0.604. The Balaban J connectivity index is 4.16. The molecule has 0 aromatic rings. The summed E-state index contributed by atoms with van der Waals surface area (Å²) in [6, 6.07) is -1.09. The fraction of sp³-hybridized carbons (Fsp3) is 0.727. The molecule has 8 heteroatoms. The summed E-state index contributed by atoms with van der Waals surface area (Å²) in [6.07, 6.45) is -0.671. The van der Waals surface area contributed by atoms with Crippen LogP contribution in [0.5, 0.6) is 0 Å². The fourth-order valence-electron chi connectivity index (χ4n) is 1.07. The van der Waals surface area contributed by atoms with Crippen molar-refractivity contribution in [3.63, 3.8) is 0 Å². The zero-order chi connectivity index (χ0) is 15.1. The number of amides is 1. The highest BCUT2D eigenvalue weighted by atomic mass is 32.2. The summed E-state index contributed by atoms with van der Waals surface area (Å²) >= 11 is 1.09. The molecular weight excluding hydrogens is 274 g/mol. The molecule has 0 saturated heterocycles. The molecule has 7 nitrogen and oxygen atoms in total. The largest absolute Gasteiger partial charge is 0.481 e. The van der Waals surface area contributed by atoms with Gasteiger partial charge in [0.25, 0.3) is 0 Å². The molecule has 1 atom stereocenters. The number of ether oxygens (including phenoxy) is 1. The number of carboxylic acids is 2. The standard InChI is InChI=1S/C11H19NO6S/c1-11(2,3)18-10(17)12-7(9(15)16)4-5-19-6-8(13)14/h7H,4-6H2,1-3H3,(H,12,17)(H,13,14)(H,15,16). The zero-order valence-corrected chi connectivity index (χ0v) is 12.0. The van der Waals surface area contributed by atoms with Crippen molar-refractivity contribution in [2.24, 2.45) is 0 Å². The third-order valence-electron chi connectivity index (χ3n) is 1.77. The van der Waals surface area contributed by atoms with Gasteiger partial charge in [-0.25, -0.2) is 9.59 Å². The molecule has 0 heterocycles. The molecular formula is C11H19NO6S. The minimum absolute atomic E-state index is 0.0984. The lowest BCUT2D eigenvalue weighted by Gasteiger charge is -2.21. The lowest BCUT2D eigenvalue weighted by molar-refractivity contribution is -0.139. The van der Waals surface area contributed by atoms with Gasteiger partial charge in [-0.15, -0.1) is 0 Å². The van der Waals surface area contributed by atoms with Crippen LogP contribution in [0.3, 0.4) is 0 Å². The molecule has 19 heavy (non-hydrogen) atoms. The monoisotopic (exact) mass is 293 g/mol. The van der Waals surface area contributed by atoms with Crippen molar-refractivity contribution in [2.45, 2.75) is 38.8 Å². The molecule has 1 amide bonds. The Hall–Kier alpha value is -1.44. The van der Waals surface area contributed by atoms with E-state index >= 15 is 0 Å². The van der Waals surface area contributed by atoms with E-state index in [1.54, 1.807) is 20.8 Å². The van der Waals surface area contributed by atoms with E-state index in [0.29, 0.717) is 5.75 Å². The van der Waals surface area contributed by atoms with Crippen molar-refractivity contribution in [3.05, 3.63) is 0 Å². The molecule has 0 radical (unpaired) electrons. The van der Waals surface area contributed by atoms with E-state index in [-0.39, 0.29) is 12.2 Å². The molecule has 0 aliphatic rings. The predicted octanol–water partition coefficient (Wildman–Crippen LogP) is 1.17. The van der Waals surface area contributed by atoms with Gasteiger partial charge in [0.1, 0.15) is 11.6 Å². The van der Waals surface area contributed by atoms with E-state index in [1.807, 2.05) is 0 Å². The highest BCUT2D eigenvalue weighted by Gasteiger charge is 2.23. The van der Waals surface area contributed by atoms with Crippen LogP contribution in [0.1, 0.15) is 27.2 Å². The van der Waals surface area contributed by atoms with Gasteiger partial charge >= 0.3 is 18.0 Å². The summed E-state index contributed by atoms with van der Waals surface area (Å²) in [4.78, 5) is 32.6. The number of carbonyl (C=O) groups is 3. The first-order valence-corrected chi connectivity index (χ1v) is 6.79. The second-order valence-corrected chi connectivity index (χ2v) is 5.88. The minimum atomic E-state index is -1.18. The Kier molecular flexibility index (Phi) is 7.28. The molecule has 1 unspecified atom stereocenters. The Morgan fingerprint density at radius 1 is 1.26 bits per heavy atom. The van der Waals surface area contributed by atoms with Crippen LogP contribution in [-0.4, -0.2) is 51.4 Å². The normalized spacial score (nSPS) is 12.6. The molecule has 0 fully saturated rings. The summed E-state index contributed by atoms with van der Waals surface area (Å²) in [7, 11) is 0. The summed E-state index contributed by atoms with van der Waals surface area (Å²) in [5, 5.41) is 19.6. The first kappa shape index (κ1) is 17.6. The fourth-order valence-corrected chi connectivity index (χ4v) is 1.79. The van der Waals surface area contributed by atoms with Crippen molar-refractivity contribution in [1.29, 1.82) is 0 Å². The number of rotatable bonds is 7. The first-order chi connectivity index (χ1) is 8.61. The molecule has 3 N–H and O–H groups in total. The number of alkyl carbamates (subject to hydrolysis) is 1. The zero-order valence-electron chi connectivity index (χ0n) is 11.1. The molecule has 110 valence electrons. The van der Waals surface area contributed by atoms with Gasteiger partial charge in [0.15, 0.2) is 0 Å². The molecule has 0 spiro atoms. The van der Waals surface area contributed by atoms with Crippen molar-refractivity contribution in [1.82, 2.24) is 5.32 Å². The van der Waals surface area contributed by atoms with E-state index in [2.05, 4.69) is 5.32 Å². The van der Waals surface area contributed by atoms with Crippen LogP contribution >= 0.6 is 11.8 Å². The maximum absolute atomic E-state index is 11.4. The number of thioether (sulfide) groups is 1. The van der Waals surface area contributed by atoms with Crippen molar-refractivity contribution in [2.75, 3.05) is 11.5 Å². The average Bonchev–Trinajstić information content (AvgIpc) is 2.19. The van der Waals surface area contributed by atoms with Crippen LogP contribution in [-0.2, 0) is 14.3 Å². The molecule has 0 saturated carbocycles. The summed E-state index contributed by atoms with van der Waals surface area (Å²) in [5.41, 5.74) is -0.703. The molecule has 0 rings (SSSR count). The maximum Gasteiger partial charge on any atom is 0.408 e. The Bertz CT molecular complexity index is 339. The Labute approximate surface area is 115 Å². The second kappa shape index (κ2) is 7.88. The second-order valence-electron chi connectivity index (χ2n) is 4.77. The third kappa shape index (κ3) is 10.2. The molecule has 0 aliphatic heterocycles. The van der Waals surface area contributed by atoms with Gasteiger partial charge in [-0.1, -0.05) is 0 Å². The molecule has 0 bridgehead atoms. The van der Waals surface area contributed by atoms with Crippen LogP contribution < -0.4 is 5.32 Å². The van der Waals surface area contributed by atoms with Gasteiger partial charge in [0.2, 0.25) is 0 Å². The summed E-state index contributed by atoms with van der Waals surface area (Å²) in [6.45, 7) is 5.02. The molecule has 0 aromatic carbocycles. The van der Waals surface area contributed by atoms with Crippen LogP contribution in [0, 0.1) is 0 Å². The number of carbonyl (C=O) groups excluding carboxylic acids is 1. The van der Waals surface area contributed by atoms with Crippen molar-refractivity contribution >= 4 is 29.8 Å². The maximum atomic E-state index is 11.4. The van der Waals surface area contributed by atoms with E-state index in [0.717, 1.165) is 11.8 Å². The van der Waals surface area contributed by atoms with E-state index < -0.39 is 29.7 Å². The Morgan fingerprint density at radius 3 is 2.26 bits per heavy atom. The summed E-state index contributed by atoms with van der Waals surface area (Å²) in [5.74, 6) is -1.92. The van der Waals surface area contributed by atoms with Gasteiger partial charge in [0, 0.05) is 0 Å². The van der Waals surface area contributed by atoms with Crippen molar-refractivity contribution < 1.29 is 29.3 Å². The first-order valence-electron chi connectivity index (χ1n) is 5.63. The van der Waals surface area contributed by atoms with Gasteiger partial charge in [-0.2, -0.15) is 11.8 Å². The highest BCUT2D eigenvalue weighted by Crippen LogP contribution is 2.09. The van der Waals surface area contributed by atoms with Crippen molar-refractivity contribution in [3.8, 4) is 0 Å². The van der Waals surface area contributed by atoms with Gasteiger partial charge in [-0.05, 0) is 32.9 Å². The average molecular weight is 293 g/mol. The number of carboxylic acid groups (broad SMARTS) is 2. The Morgan fingerprint density at radius 2 is 1.84 bits per heavy atom. The SMILES string of the molecule is CC(C)(C)OC(=O)NC(CCSCC(=O)O)C(=O)O. The highest BCUT2D eigenvalue weighted by molar-refractivity contribution is 7.99. The summed E-state index contributed by atoms with van der Waals surface area (Å²) < 4.78 is 4.95. The predicted molar refractivity (Wildman–Crippen MR) is 70.4 cm³/mol. The number of aliphatic carboxylic acids is 2. The van der Waals surface area contributed by atoms with Crippen LogP contribution in [0.4, 0.5) is 4.79 Å². The van der Waals surface area contributed by atoms with Crippen LogP contribution in [0.15, 0.2) is 0 Å². The minimum Gasteiger partial charge on any atom is -0.481 e. The number of hydrogen-bond donors (Lipinski definition) is 3. The molecule has 0 aromatic heterocycles. The smallest absolute Gasteiger partial charge is 0.408 e. The molecule has 0 aliphatic carbocycles. The third-order valence-corrected chi connectivity index (χ3v) is 2.74. The topological polar surface area (TPSA) is 113 Å².